The maximum absolute atomic E-state index is 9.99. The minimum absolute atomic E-state index is 0.0438. The molecule has 1 aliphatic carbocycles. The Morgan fingerprint density at radius 3 is 2.91 bits per heavy atom. The smallest absolute Gasteiger partial charge is 0.247 e. The summed E-state index contributed by atoms with van der Waals surface area (Å²) in [4.78, 5) is 12.8. The summed E-state index contributed by atoms with van der Waals surface area (Å²) in [6.45, 7) is 0.573. The molecule has 9 heteroatoms. The second-order valence-corrected chi connectivity index (χ2v) is 7.50. The Balaban J connectivity index is 1.65. The fourth-order valence-electron chi connectivity index (χ4n) is 2.75. The number of nitrogens with two attached hydrogens (primary N) is 1. The van der Waals surface area contributed by atoms with E-state index in [9.17, 15) is 10.2 Å². The largest absolute Gasteiger partial charge is 0.476 e. The molecule has 0 unspecified atom stereocenters. The van der Waals surface area contributed by atoms with Gasteiger partial charge in [0.2, 0.25) is 11.8 Å². The number of aliphatic hydroxyl groups is 2. The van der Waals surface area contributed by atoms with Crippen molar-refractivity contribution in [1.82, 2.24) is 19.5 Å². The van der Waals surface area contributed by atoms with Crippen molar-refractivity contribution in [3.8, 4) is 5.88 Å². The molecule has 1 saturated heterocycles. The zero-order chi connectivity index (χ0) is 16.0. The third kappa shape index (κ3) is 2.84. The van der Waals surface area contributed by atoms with Crippen molar-refractivity contribution in [2.24, 2.45) is 5.92 Å². The van der Waals surface area contributed by atoms with E-state index in [1.54, 1.807) is 6.33 Å². The summed E-state index contributed by atoms with van der Waals surface area (Å²) in [5.41, 5.74) is 7.00. The topological polar surface area (TPSA) is 119 Å². The molecule has 2 fully saturated rings. The average Bonchev–Trinajstić information content (AvgIpc) is 3.15. The number of nitrogens with zero attached hydrogens (tertiary/aromatic N) is 4. The van der Waals surface area contributed by atoms with Crippen LogP contribution in [-0.2, 0) is 0 Å². The molecule has 2 aromatic rings. The van der Waals surface area contributed by atoms with E-state index in [1.807, 2.05) is 4.57 Å². The van der Waals surface area contributed by atoms with Gasteiger partial charge in [0.25, 0.3) is 0 Å². The third-order valence-electron chi connectivity index (χ3n) is 4.25. The average molecular weight is 337 g/mol. The van der Waals surface area contributed by atoms with Crippen molar-refractivity contribution in [3.05, 3.63) is 6.33 Å². The van der Waals surface area contributed by atoms with E-state index < -0.39 is 6.10 Å². The van der Waals surface area contributed by atoms with Crippen LogP contribution in [0.2, 0.25) is 0 Å². The lowest BCUT2D eigenvalue weighted by molar-refractivity contribution is 0.138. The Morgan fingerprint density at radius 2 is 2.22 bits per heavy atom. The highest BCUT2D eigenvalue weighted by Gasteiger charge is 2.35. The summed E-state index contributed by atoms with van der Waals surface area (Å²) < 4.78 is 7.64. The van der Waals surface area contributed by atoms with Crippen LogP contribution in [0.25, 0.3) is 11.2 Å². The van der Waals surface area contributed by atoms with Gasteiger partial charge in [0.15, 0.2) is 11.2 Å². The fraction of sp³-hybridized carbons (Fsp3) is 0.643. The van der Waals surface area contributed by atoms with Crippen LogP contribution >= 0.6 is 11.8 Å². The van der Waals surface area contributed by atoms with Gasteiger partial charge in [0.05, 0.1) is 36.3 Å². The summed E-state index contributed by atoms with van der Waals surface area (Å²) in [6, 6.07) is 0. The molecule has 8 nitrogen and oxygen atoms in total. The first kappa shape index (κ1) is 15.0. The summed E-state index contributed by atoms with van der Waals surface area (Å²) in [6.07, 6.45) is 4.04. The van der Waals surface area contributed by atoms with Crippen LogP contribution < -0.4 is 10.5 Å². The molecule has 1 saturated carbocycles. The van der Waals surface area contributed by atoms with E-state index in [4.69, 9.17) is 10.5 Å². The number of fused-ring (bicyclic) bond motifs is 1. The van der Waals surface area contributed by atoms with Gasteiger partial charge in [-0.1, -0.05) is 0 Å². The Kier molecular flexibility index (Phi) is 3.78. The van der Waals surface area contributed by atoms with Crippen molar-refractivity contribution < 1.29 is 14.9 Å². The van der Waals surface area contributed by atoms with Gasteiger partial charge in [-0.15, -0.1) is 11.8 Å². The van der Waals surface area contributed by atoms with Crippen molar-refractivity contribution in [1.29, 1.82) is 0 Å². The molecule has 3 heterocycles. The van der Waals surface area contributed by atoms with Gasteiger partial charge in [-0.25, -0.2) is 4.98 Å². The van der Waals surface area contributed by atoms with Crippen LogP contribution in [-0.4, -0.2) is 54.3 Å². The maximum Gasteiger partial charge on any atom is 0.247 e. The number of nitrogen functional groups attached to an aromatic ring is 1. The number of anilines is 1. The van der Waals surface area contributed by atoms with E-state index in [0.717, 1.165) is 0 Å². The molecule has 0 aromatic carbocycles. The number of thioether (sulfide) groups is 1. The van der Waals surface area contributed by atoms with Crippen molar-refractivity contribution in [2.75, 3.05) is 18.9 Å². The molecule has 4 rings (SSSR count). The number of rotatable bonds is 5. The molecule has 2 aliphatic rings. The third-order valence-corrected chi connectivity index (χ3v) is 5.80. The second kappa shape index (κ2) is 5.81. The number of hydrogen-bond acceptors (Lipinski definition) is 8. The minimum atomic E-state index is -0.544. The van der Waals surface area contributed by atoms with Gasteiger partial charge in [0.1, 0.15) is 0 Å². The maximum atomic E-state index is 9.99. The second-order valence-electron chi connectivity index (χ2n) is 6.08. The van der Waals surface area contributed by atoms with Crippen LogP contribution in [0.3, 0.4) is 0 Å². The van der Waals surface area contributed by atoms with E-state index >= 15 is 0 Å². The number of aliphatic hydroxyl groups excluding tert-OH is 2. The Labute approximate surface area is 137 Å². The first-order chi connectivity index (χ1) is 11.2. The van der Waals surface area contributed by atoms with Gasteiger partial charge in [0, 0.05) is 6.42 Å². The number of hydrogen-bond donors (Lipinski definition) is 3. The van der Waals surface area contributed by atoms with Crippen LogP contribution in [0.5, 0.6) is 5.88 Å². The molecule has 124 valence electrons. The Bertz CT molecular complexity index is 720. The zero-order valence-electron chi connectivity index (χ0n) is 12.5. The van der Waals surface area contributed by atoms with Gasteiger partial charge < -0.3 is 25.3 Å². The van der Waals surface area contributed by atoms with E-state index in [2.05, 4.69) is 15.0 Å². The van der Waals surface area contributed by atoms with E-state index in [0.29, 0.717) is 36.0 Å². The first-order valence-electron chi connectivity index (χ1n) is 7.73. The monoisotopic (exact) mass is 337 g/mol. The van der Waals surface area contributed by atoms with Gasteiger partial charge >= 0.3 is 0 Å². The van der Waals surface area contributed by atoms with Crippen LogP contribution in [0.4, 0.5) is 5.95 Å². The molecule has 1 aliphatic heterocycles. The van der Waals surface area contributed by atoms with E-state index in [-0.39, 0.29) is 23.2 Å². The highest BCUT2D eigenvalue weighted by atomic mass is 32.2. The first-order valence-corrected chi connectivity index (χ1v) is 8.67. The minimum Gasteiger partial charge on any atom is -0.476 e. The summed E-state index contributed by atoms with van der Waals surface area (Å²) in [7, 11) is 0. The molecule has 3 atom stereocenters. The molecule has 23 heavy (non-hydrogen) atoms. The quantitative estimate of drug-likeness (QED) is 0.724. The predicted octanol–water partition coefficient (Wildman–Crippen LogP) is 0.555. The lowest BCUT2D eigenvalue weighted by atomic mass is 10.2. The van der Waals surface area contributed by atoms with Crippen LogP contribution in [0.15, 0.2) is 6.33 Å². The van der Waals surface area contributed by atoms with Crippen LogP contribution in [0.1, 0.15) is 24.6 Å². The van der Waals surface area contributed by atoms with Gasteiger partial charge in [-0.2, -0.15) is 9.97 Å². The lowest BCUT2D eigenvalue weighted by Gasteiger charge is -2.12. The predicted molar refractivity (Wildman–Crippen MR) is 86.1 cm³/mol. The van der Waals surface area contributed by atoms with Crippen molar-refractivity contribution in [2.45, 2.75) is 36.0 Å². The van der Waals surface area contributed by atoms with E-state index in [1.165, 1.54) is 24.6 Å². The number of imidazole rings is 1. The summed E-state index contributed by atoms with van der Waals surface area (Å²) in [5, 5.41) is 19.1. The standard InChI is InChI=1S/C14H19N5O3S/c15-14-17-12-11(13(18-14)22-5-7-1-2-7)16-6-19(12)10-3-8(21)9(4-20)23-10/h6-10,20-21H,1-5H2,(H2,15,17,18)/t8-,9+,10-/m0/s1. The molecule has 0 spiro atoms. The SMILES string of the molecule is Nc1nc(OCC2CC2)c2ncn([C@@H]3C[C@H](O)[C@@H](CO)S3)c2n1. The zero-order valence-corrected chi connectivity index (χ0v) is 13.3. The molecule has 2 aromatic heterocycles. The van der Waals surface area contributed by atoms with Crippen LogP contribution in [0, 0.1) is 5.92 Å². The molecule has 4 N–H and O–H groups in total. The van der Waals surface area contributed by atoms with Gasteiger partial charge in [-0.3, -0.25) is 0 Å². The number of aromatic nitrogens is 4. The van der Waals surface area contributed by atoms with Crippen molar-refractivity contribution >= 4 is 28.9 Å². The van der Waals surface area contributed by atoms with Gasteiger partial charge in [-0.05, 0) is 18.8 Å². The fourth-order valence-corrected chi connectivity index (χ4v) is 4.13. The lowest BCUT2D eigenvalue weighted by Crippen LogP contribution is -2.20. The highest BCUT2D eigenvalue weighted by Crippen LogP contribution is 2.43. The molecule has 0 amide bonds. The Hall–Kier alpha value is -1.58. The summed E-state index contributed by atoms with van der Waals surface area (Å²) in [5.74, 6) is 1.17. The summed E-state index contributed by atoms with van der Waals surface area (Å²) >= 11 is 1.51. The molecular weight excluding hydrogens is 318 g/mol. The molecule has 0 radical (unpaired) electrons. The molecule has 0 bridgehead atoms. The normalized spacial score (nSPS) is 27.7. The number of ether oxygens (including phenoxy) is 1. The van der Waals surface area contributed by atoms with Crippen molar-refractivity contribution in [3.63, 3.8) is 0 Å². The highest BCUT2D eigenvalue weighted by molar-refractivity contribution is 8.00. The Morgan fingerprint density at radius 1 is 1.39 bits per heavy atom. The molecular formula is C14H19N5O3S.